The fourth-order valence-electron chi connectivity index (χ4n) is 2.10. The van der Waals surface area contributed by atoms with Gasteiger partial charge in [0.05, 0.1) is 6.04 Å². The molecular weight excluding hydrogens is 270 g/mol. The molecule has 0 aliphatic carbocycles. The average molecular weight is 293 g/mol. The quantitative estimate of drug-likeness (QED) is 0.886. The first-order valence-corrected chi connectivity index (χ1v) is 8.44. The number of furan rings is 1. The standard InChI is InChI=1S/C16H23NO2S/c1-11(2)12(3)20(18)10-14(17-4)16-9-13-7-5-6-8-15(13)19-16/h5-9,11-12,14,17H,10H2,1-4H3. The molecule has 3 atom stereocenters. The Morgan fingerprint density at radius 3 is 2.55 bits per heavy atom. The molecule has 0 fully saturated rings. The van der Waals surface area contributed by atoms with Gasteiger partial charge in [-0.05, 0) is 25.1 Å². The van der Waals surface area contributed by atoms with Gasteiger partial charge in [-0.1, -0.05) is 39.0 Å². The highest BCUT2D eigenvalue weighted by Crippen LogP contribution is 2.25. The van der Waals surface area contributed by atoms with Crippen molar-refractivity contribution < 1.29 is 8.63 Å². The minimum atomic E-state index is -0.869. The lowest BCUT2D eigenvalue weighted by atomic mass is 10.2. The van der Waals surface area contributed by atoms with Crippen LogP contribution < -0.4 is 5.32 Å². The Kier molecular flexibility index (Phi) is 5.00. The highest BCUT2D eigenvalue weighted by Gasteiger charge is 2.22. The monoisotopic (exact) mass is 293 g/mol. The van der Waals surface area contributed by atoms with Gasteiger partial charge < -0.3 is 9.73 Å². The van der Waals surface area contributed by atoms with Gasteiger partial charge in [-0.3, -0.25) is 4.21 Å². The number of benzene rings is 1. The molecule has 0 bridgehead atoms. The van der Waals surface area contributed by atoms with Crippen LogP contribution in [0, 0.1) is 5.92 Å². The van der Waals surface area contributed by atoms with Crippen molar-refractivity contribution in [1.82, 2.24) is 5.32 Å². The Morgan fingerprint density at radius 2 is 1.95 bits per heavy atom. The molecule has 0 radical (unpaired) electrons. The SMILES string of the molecule is CNC(CS(=O)C(C)C(C)C)c1cc2ccccc2o1. The fourth-order valence-corrected chi connectivity index (χ4v) is 3.67. The van der Waals surface area contributed by atoms with Crippen LogP contribution in [0.3, 0.4) is 0 Å². The summed E-state index contributed by atoms with van der Waals surface area (Å²) >= 11 is 0. The van der Waals surface area contributed by atoms with Crippen LogP contribution in [0.5, 0.6) is 0 Å². The van der Waals surface area contributed by atoms with Crippen molar-refractivity contribution >= 4 is 21.8 Å². The first kappa shape index (κ1) is 15.3. The molecular formula is C16H23NO2S. The van der Waals surface area contributed by atoms with Crippen molar-refractivity contribution in [3.05, 3.63) is 36.1 Å². The van der Waals surface area contributed by atoms with Gasteiger partial charge >= 0.3 is 0 Å². The van der Waals surface area contributed by atoms with E-state index < -0.39 is 10.8 Å². The molecule has 1 aromatic carbocycles. The summed E-state index contributed by atoms with van der Waals surface area (Å²) < 4.78 is 18.2. The van der Waals surface area contributed by atoms with Crippen LogP contribution >= 0.6 is 0 Å². The summed E-state index contributed by atoms with van der Waals surface area (Å²) in [6, 6.07) is 9.97. The van der Waals surface area contributed by atoms with Gasteiger partial charge in [0.2, 0.25) is 0 Å². The average Bonchev–Trinajstić information content (AvgIpc) is 2.86. The lowest BCUT2D eigenvalue weighted by Crippen LogP contribution is -2.28. The van der Waals surface area contributed by atoms with E-state index in [9.17, 15) is 4.21 Å². The zero-order valence-corrected chi connectivity index (χ0v) is 13.4. The molecule has 1 N–H and O–H groups in total. The zero-order valence-electron chi connectivity index (χ0n) is 12.6. The second-order valence-corrected chi connectivity index (χ2v) is 7.36. The maximum Gasteiger partial charge on any atom is 0.134 e. The molecule has 0 saturated heterocycles. The number of nitrogens with one attached hydrogen (secondary N) is 1. The van der Waals surface area contributed by atoms with E-state index in [-0.39, 0.29) is 11.3 Å². The van der Waals surface area contributed by atoms with Gasteiger partial charge in [-0.25, -0.2) is 0 Å². The van der Waals surface area contributed by atoms with E-state index in [1.54, 1.807) is 0 Å². The number of hydrogen-bond acceptors (Lipinski definition) is 3. The van der Waals surface area contributed by atoms with Crippen molar-refractivity contribution in [3.8, 4) is 0 Å². The third kappa shape index (κ3) is 3.30. The predicted molar refractivity (Wildman–Crippen MR) is 85.3 cm³/mol. The number of para-hydroxylation sites is 1. The maximum absolute atomic E-state index is 12.4. The zero-order chi connectivity index (χ0) is 14.7. The molecule has 0 aliphatic rings. The molecule has 0 saturated carbocycles. The summed E-state index contributed by atoms with van der Waals surface area (Å²) in [5.74, 6) is 1.86. The number of hydrogen-bond donors (Lipinski definition) is 1. The summed E-state index contributed by atoms with van der Waals surface area (Å²) in [5, 5.41) is 4.50. The summed E-state index contributed by atoms with van der Waals surface area (Å²) in [7, 11) is 1.01. The summed E-state index contributed by atoms with van der Waals surface area (Å²) in [6.07, 6.45) is 0. The molecule has 2 aromatic rings. The Hall–Kier alpha value is -1.13. The fraction of sp³-hybridized carbons (Fsp3) is 0.500. The van der Waals surface area contributed by atoms with Crippen molar-refractivity contribution in [1.29, 1.82) is 0 Å². The maximum atomic E-state index is 12.4. The predicted octanol–water partition coefficient (Wildman–Crippen LogP) is 3.49. The third-order valence-corrected chi connectivity index (χ3v) is 5.86. The first-order valence-electron chi connectivity index (χ1n) is 7.05. The Bertz CT molecular complexity index is 558. The van der Waals surface area contributed by atoms with E-state index in [1.807, 2.05) is 44.3 Å². The van der Waals surface area contributed by atoms with Crippen molar-refractivity contribution in [2.75, 3.05) is 12.8 Å². The third-order valence-electron chi connectivity index (χ3n) is 3.82. The second-order valence-electron chi connectivity index (χ2n) is 5.52. The molecule has 110 valence electrons. The van der Waals surface area contributed by atoms with E-state index in [1.165, 1.54) is 0 Å². The minimum absolute atomic E-state index is 0.00978. The second kappa shape index (κ2) is 6.55. The molecule has 20 heavy (non-hydrogen) atoms. The lowest BCUT2D eigenvalue weighted by Gasteiger charge is -2.19. The van der Waals surface area contributed by atoms with Gasteiger partial charge in [0.1, 0.15) is 11.3 Å². The molecule has 0 spiro atoms. The summed E-state index contributed by atoms with van der Waals surface area (Å²) in [5.41, 5.74) is 0.880. The molecule has 2 rings (SSSR count). The largest absolute Gasteiger partial charge is 0.459 e. The van der Waals surface area contributed by atoms with Gasteiger partial charge in [0.15, 0.2) is 0 Å². The van der Waals surface area contributed by atoms with Crippen molar-refractivity contribution in [3.63, 3.8) is 0 Å². The van der Waals surface area contributed by atoms with Gasteiger partial charge in [-0.15, -0.1) is 0 Å². The van der Waals surface area contributed by atoms with E-state index in [0.717, 1.165) is 16.7 Å². The molecule has 0 amide bonds. The van der Waals surface area contributed by atoms with E-state index in [4.69, 9.17) is 4.42 Å². The van der Waals surface area contributed by atoms with Crippen molar-refractivity contribution in [2.24, 2.45) is 5.92 Å². The van der Waals surface area contributed by atoms with Gasteiger partial charge in [0.25, 0.3) is 0 Å². The Balaban J connectivity index is 2.17. The molecule has 3 nitrogen and oxygen atoms in total. The van der Waals surface area contributed by atoms with E-state index in [0.29, 0.717) is 11.7 Å². The summed E-state index contributed by atoms with van der Waals surface area (Å²) in [4.78, 5) is 0. The molecule has 4 heteroatoms. The van der Waals surface area contributed by atoms with Crippen LogP contribution in [-0.4, -0.2) is 22.3 Å². The molecule has 1 heterocycles. The van der Waals surface area contributed by atoms with Crippen LogP contribution in [0.2, 0.25) is 0 Å². The highest BCUT2D eigenvalue weighted by molar-refractivity contribution is 7.85. The normalized spacial score (nSPS) is 16.4. The number of fused-ring (bicyclic) bond motifs is 1. The smallest absolute Gasteiger partial charge is 0.134 e. The molecule has 0 aliphatic heterocycles. The summed E-state index contributed by atoms with van der Waals surface area (Å²) in [6.45, 7) is 6.27. The Morgan fingerprint density at radius 1 is 1.25 bits per heavy atom. The van der Waals surface area contributed by atoms with Crippen molar-refractivity contribution in [2.45, 2.75) is 32.1 Å². The van der Waals surface area contributed by atoms with Crippen LogP contribution in [-0.2, 0) is 10.8 Å². The van der Waals surface area contributed by atoms with Crippen LogP contribution in [0.15, 0.2) is 34.7 Å². The number of rotatable bonds is 6. The van der Waals surface area contributed by atoms with E-state index in [2.05, 4.69) is 19.2 Å². The Labute approximate surface area is 123 Å². The highest BCUT2D eigenvalue weighted by atomic mass is 32.2. The van der Waals surface area contributed by atoms with Crippen LogP contribution in [0.1, 0.15) is 32.6 Å². The van der Waals surface area contributed by atoms with Crippen LogP contribution in [0.4, 0.5) is 0 Å². The topological polar surface area (TPSA) is 42.2 Å². The van der Waals surface area contributed by atoms with Crippen LogP contribution in [0.25, 0.3) is 11.0 Å². The lowest BCUT2D eigenvalue weighted by molar-refractivity contribution is 0.474. The van der Waals surface area contributed by atoms with Gasteiger partial charge in [0, 0.05) is 27.2 Å². The first-order chi connectivity index (χ1) is 9.52. The molecule has 1 aromatic heterocycles. The molecule has 3 unspecified atom stereocenters. The van der Waals surface area contributed by atoms with Gasteiger partial charge in [-0.2, -0.15) is 0 Å². The van der Waals surface area contributed by atoms with E-state index >= 15 is 0 Å². The minimum Gasteiger partial charge on any atom is -0.459 e.